The van der Waals surface area contributed by atoms with Gasteiger partial charge in [-0.15, -0.1) is 0 Å². The van der Waals surface area contributed by atoms with Crippen LogP contribution in [0, 0.1) is 0 Å². The van der Waals surface area contributed by atoms with Gasteiger partial charge in [-0.05, 0) is 37.2 Å². The van der Waals surface area contributed by atoms with Crippen LogP contribution >= 0.6 is 12.2 Å². The van der Waals surface area contributed by atoms with E-state index in [1.54, 1.807) is 25.2 Å². The number of pyridine rings is 1. The third-order valence-electron chi connectivity index (χ3n) is 4.95. The van der Waals surface area contributed by atoms with E-state index in [0.29, 0.717) is 40.8 Å². The number of aliphatic hydroxyl groups excluding tert-OH is 1. The van der Waals surface area contributed by atoms with Gasteiger partial charge in [0, 0.05) is 36.7 Å². The Kier molecular flexibility index (Phi) is 7.29. The lowest BCUT2D eigenvalue weighted by atomic mass is 10.1. The Morgan fingerprint density at radius 2 is 2.10 bits per heavy atom. The molecule has 9 heteroatoms. The zero-order chi connectivity index (χ0) is 20.8. The fourth-order valence-corrected chi connectivity index (χ4v) is 3.63. The molecule has 1 fully saturated rings. The van der Waals surface area contributed by atoms with Crippen LogP contribution in [0.25, 0.3) is 10.9 Å². The van der Waals surface area contributed by atoms with Gasteiger partial charge < -0.3 is 34.5 Å². The molecule has 1 saturated heterocycles. The van der Waals surface area contributed by atoms with Crippen molar-refractivity contribution in [3.63, 3.8) is 0 Å². The molecule has 3 rings (SSSR count). The predicted molar refractivity (Wildman–Crippen MR) is 115 cm³/mol. The van der Waals surface area contributed by atoms with Crippen LogP contribution in [0.15, 0.2) is 23.0 Å². The summed E-state index contributed by atoms with van der Waals surface area (Å²) >= 11 is 5.49. The summed E-state index contributed by atoms with van der Waals surface area (Å²) in [6.45, 7) is 1.92. The smallest absolute Gasteiger partial charge is 0.253 e. The number of aliphatic hydroxyl groups is 1. The standard InChI is InChI=1S/C20H27N3O5S/c1-26-17-9-13-8-14(19(25)22-16(13)10-18(17)27-2)12-23(5-6-24)20(29)21-11-15-4-3-7-28-15/h8-10,15,24H,3-7,11-12H2,1-2H3,(H,21,29)(H,22,25). The highest BCUT2D eigenvalue weighted by molar-refractivity contribution is 7.80. The van der Waals surface area contributed by atoms with Crippen LogP contribution < -0.4 is 20.3 Å². The normalized spacial score (nSPS) is 16.0. The Bertz CT molecular complexity index is 911. The number of aromatic nitrogens is 1. The first kappa shape index (κ1) is 21.4. The summed E-state index contributed by atoms with van der Waals surface area (Å²) in [6, 6.07) is 5.36. The van der Waals surface area contributed by atoms with E-state index in [4.69, 9.17) is 26.4 Å². The second-order valence-corrected chi connectivity index (χ2v) is 7.27. The van der Waals surface area contributed by atoms with E-state index in [9.17, 15) is 9.90 Å². The lowest BCUT2D eigenvalue weighted by Gasteiger charge is -2.26. The van der Waals surface area contributed by atoms with Crippen molar-refractivity contribution in [2.45, 2.75) is 25.5 Å². The minimum absolute atomic E-state index is 0.0712. The molecule has 158 valence electrons. The van der Waals surface area contributed by atoms with E-state index < -0.39 is 0 Å². The number of nitrogens with zero attached hydrogens (tertiary/aromatic N) is 1. The molecular weight excluding hydrogens is 394 g/mol. The van der Waals surface area contributed by atoms with Gasteiger partial charge in [-0.1, -0.05) is 0 Å². The maximum Gasteiger partial charge on any atom is 0.253 e. The molecule has 1 aliphatic rings. The molecule has 0 aliphatic carbocycles. The summed E-state index contributed by atoms with van der Waals surface area (Å²) in [4.78, 5) is 17.3. The molecule has 2 heterocycles. The van der Waals surface area contributed by atoms with Crippen LogP contribution in [-0.4, -0.2) is 66.7 Å². The second kappa shape index (κ2) is 9.91. The predicted octanol–water partition coefficient (Wildman–Crippen LogP) is 1.39. The molecule has 1 unspecified atom stereocenters. The molecule has 0 amide bonds. The summed E-state index contributed by atoms with van der Waals surface area (Å²) in [6.07, 6.45) is 2.21. The molecular formula is C20H27N3O5S. The Hall–Kier alpha value is -2.36. The van der Waals surface area contributed by atoms with Crippen molar-refractivity contribution in [1.82, 2.24) is 15.2 Å². The van der Waals surface area contributed by atoms with Gasteiger partial charge in [0.15, 0.2) is 16.6 Å². The van der Waals surface area contributed by atoms with Crippen molar-refractivity contribution in [2.24, 2.45) is 0 Å². The number of nitrogens with one attached hydrogen (secondary N) is 2. The van der Waals surface area contributed by atoms with E-state index in [0.717, 1.165) is 24.8 Å². The highest BCUT2D eigenvalue weighted by Crippen LogP contribution is 2.31. The first-order valence-corrected chi connectivity index (χ1v) is 9.99. The quantitative estimate of drug-likeness (QED) is 0.551. The Morgan fingerprint density at radius 1 is 1.34 bits per heavy atom. The molecule has 0 bridgehead atoms. The zero-order valence-electron chi connectivity index (χ0n) is 16.7. The van der Waals surface area contributed by atoms with Crippen LogP contribution in [0.1, 0.15) is 18.4 Å². The van der Waals surface area contributed by atoms with E-state index in [2.05, 4.69) is 10.3 Å². The molecule has 0 spiro atoms. The van der Waals surface area contributed by atoms with Gasteiger partial charge in [-0.3, -0.25) is 4.79 Å². The number of rotatable bonds is 8. The number of benzene rings is 1. The Morgan fingerprint density at radius 3 is 2.76 bits per heavy atom. The molecule has 1 atom stereocenters. The van der Waals surface area contributed by atoms with Gasteiger partial charge in [-0.2, -0.15) is 0 Å². The fourth-order valence-electron chi connectivity index (χ4n) is 3.39. The van der Waals surface area contributed by atoms with Gasteiger partial charge in [0.1, 0.15) is 0 Å². The number of thiocarbonyl (C=S) groups is 1. The third-order valence-corrected chi connectivity index (χ3v) is 5.35. The second-order valence-electron chi connectivity index (χ2n) is 6.88. The van der Waals surface area contributed by atoms with Crippen LogP contribution in [0.5, 0.6) is 11.5 Å². The first-order chi connectivity index (χ1) is 14.0. The minimum atomic E-state index is -0.213. The number of aromatic amines is 1. The molecule has 0 saturated carbocycles. The molecule has 3 N–H and O–H groups in total. The Labute approximate surface area is 174 Å². The zero-order valence-corrected chi connectivity index (χ0v) is 17.5. The highest BCUT2D eigenvalue weighted by atomic mass is 32.1. The lowest BCUT2D eigenvalue weighted by molar-refractivity contribution is 0.113. The highest BCUT2D eigenvalue weighted by Gasteiger charge is 2.18. The number of H-pyrrole nitrogens is 1. The minimum Gasteiger partial charge on any atom is -0.493 e. The average molecular weight is 422 g/mol. The van der Waals surface area contributed by atoms with E-state index in [-0.39, 0.29) is 24.8 Å². The lowest BCUT2D eigenvalue weighted by Crippen LogP contribution is -2.44. The topological polar surface area (TPSA) is 96.0 Å². The van der Waals surface area contributed by atoms with Crippen LogP contribution in [0.3, 0.4) is 0 Å². The molecule has 1 aliphatic heterocycles. The summed E-state index contributed by atoms with van der Waals surface area (Å²) in [5.41, 5.74) is 0.984. The van der Waals surface area contributed by atoms with Crippen LogP contribution in [0.2, 0.25) is 0 Å². The van der Waals surface area contributed by atoms with Gasteiger partial charge in [-0.25, -0.2) is 0 Å². The van der Waals surface area contributed by atoms with Crippen LogP contribution in [0.4, 0.5) is 0 Å². The summed E-state index contributed by atoms with van der Waals surface area (Å²) in [5.74, 6) is 1.13. The van der Waals surface area contributed by atoms with Gasteiger partial charge >= 0.3 is 0 Å². The van der Waals surface area contributed by atoms with E-state index in [1.165, 1.54) is 0 Å². The number of fused-ring (bicyclic) bond motifs is 1. The van der Waals surface area contributed by atoms with E-state index in [1.807, 2.05) is 12.1 Å². The number of ether oxygens (including phenoxy) is 3. The average Bonchev–Trinajstić information content (AvgIpc) is 3.24. The van der Waals surface area contributed by atoms with Crippen molar-refractivity contribution < 1.29 is 19.3 Å². The monoisotopic (exact) mass is 421 g/mol. The molecule has 1 aromatic carbocycles. The van der Waals surface area contributed by atoms with Crippen molar-refractivity contribution >= 4 is 28.2 Å². The largest absolute Gasteiger partial charge is 0.493 e. The maximum atomic E-state index is 12.6. The molecule has 1 aromatic heterocycles. The van der Waals surface area contributed by atoms with E-state index >= 15 is 0 Å². The van der Waals surface area contributed by atoms with Crippen molar-refractivity contribution in [3.8, 4) is 11.5 Å². The van der Waals surface area contributed by atoms with Gasteiger partial charge in [0.25, 0.3) is 5.56 Å². The number of hydrogen-bond acceptors (Lipinski definition) is 6. The van der Waals surface area contributed by atoms with Gasteiger partial charge in [0.2, 0.25) is 0 Å². The molecule has 8 nitrogen and oxygen atoms in total. The summed E-state index contributed by atoms with van der Waals surface area (Å²) < 4.78 is 16.2. The first-order valence-electron chi connectivity index (χ1n) is 9.59. The van der Waals surface area contributed by atoms with Crippen molar-refractivity contribution in [3.05, 3.63) is 34.1 Å². The number of hydrogen-bond donors (Lipinski definition) is 3. The summed E-state index contributed by atoms with van der Waals surface area (Å²) in [7, 11) is 3.12. The molecule has 29 heavy (non-hydrogen) atoms. The Balaban J connectivity index is 1.80. The molecule has 0 radical (unpaired) electrons. The van der Waals surface area contributed by atoms with Crippen molar-refractivity contribution in [2.75, 3.05) is 40.5 Å². The van der Waals surface area contributed by atoms with Crippen LogP contribution in [-0.2, 0) is 11.3 Å². The number of methoxy groups -OCH3 is 2. The fraction of sp³-hybridized carbons (Fsp3) is 0.500. The SMILES string of the molecule is COc1cc2cc(CN(CCO)C(=S)NCC3CCCO3)c(=O)[nH]c2cc1OC. The summed E-state index contributed by atoms with van der Waals surface area (Å²) in [5, 5.41) is 13.9. The van der Waals surface area contributed by atoms with Crippen molar-refractivity contribution in [1.29, 1.82) is 0 Å². The third kappa shape index (κ3) is 5.17. The molecule has 2 aromatic rings. The maximum absolute atomic E-state index is 12.6. The van der Waals surface area contributed by atoms with Gasteiger partial charge in [0.05, 0.1) is 39.0 Å².